The summed E-state index contributed by atoms with van der Waals surface area (Å²) in [5.41, 5.74) is 6.05. The van der Waals surface area contributed by atoms with Crippen LogP contribution in [0.3, 0.4) is 0 Å². The zero-order chi connectivity index (χ0) is 13.6. The van der Waals surface area contributed by atoms with Crippen LogP contribution in [0, 0.1) is 11.8 Å². The van der Waals surface area contributed by atoms with Crippen molar-refractivity contribution in [2.24, 2.45) is 17.6 Å². The highest BCUT2D eigenvalue weighted by molar-refractivity contribution is 7.89. The summed E-state index contributed by atoms with van der Waals surface area (Å²) >= 11 is 0. The molecule has 3 rings (SSSR count). The highest BCUT2D eigenvalue weighted by atomic mass is 35.5. The number of rotatable bonds is 3. The fraction of sp³-hybridized carbons (Fsp3) is 0.750. The highest BCUT2D eigenvalue weighted by Crippen LogP contribution is 2.38. The Kier molecular flexibility index (Phi) is 4.44. The van der Waals surface area contributed by atoms with Gasteiger partial charge in [-0.1, -0.05) is 0 Å². The molecule has 1 aromatic heterocycles. The summed E-state index contributed by atoms with van der Waals surface area (Å²) in [7, 11) is -3.45. The molecule has 2 fully saturated rings. The second-order valence-corrected chi connectivity index (χ2v) is 7.41. The molecule has 3 unspecified atom stereocenters. The van der Waals surface area contributed by atoms with Crippen LogP contribution in [0.2, 0.25) is 0 Å². The van der Waals surface area contributed by atoms with Crippen LogP contribution in [-0.4, -0.2) is 41.4 Å². The first-order valence-electron chi connectivity index (χ1n) is 6.80. The Hall–Kier alpha value is -0.630. The molecule has 1 saturated heterocycles. The van der Waals surface area contributed by atoms with E-state index < -0.39 is 10.0 Å². The quantitative estimate of drug-likeness (QED) is 0.888. The molecule has 0 amide bonds. The number of aryl methyl sites for hydroxylation is 1. The highest BCUT2D eigenvalue weighted by Gasteiger charge is 2.45. The standard InChI is InChI=1S/C12H20N4O2S.ClH/c1-2-15-7-12(14-8-15)19(17,18)16-5-9-3-4-11(13)10(9)6-16;/h7-11H,2-6,13H2,1H3;1H. The van der Waals surface area contributed by atoms with Crippen LogP contribution >= 0.6 is 12.4 Å². The lowest BCUT2D eigenvalue weighted by atomic mass is 9.98. The Morgan fingerprint density at radius 1 is 1.40 bits per heavy atom. The summed E-state index contributed by atoms with van der Waals surface area (Å²) in [5, 5.41) is 0.155. The van der Waals surface area contributed by atoms with E-state index in [1.54, 1.807) is 21.4 Å². The number of nitrogens with two attached hydrogens (primary N) is 1. The van der Waals surface area contributed by atoms with E-state index in [0.717, 1.165) is 19.4 Å². The third-order valence-electron chi connectivity index (χ3n) is 4.46. The Balaban J connectivity index is 0.00000147. The van der Waals surface area contributed by atoms with Gasteiger partial charge < -0.3 is 10.3 Å². The predicted octanol–water partition coefficient (Wildman–Crippen LogP) is 0.683. The van der Waals surface area contributed by atoms with Crippen molar-refractivity contribution in [1.29, 1.82) is 0 Å². The Morgan fingerprint density at radius 3 is 2.75 bits per heavy atom. The number of fused-ring (bicyclic) bond motifs is 1. The van der Waals surface area contributed by atoms with Crippen molar-refractivity contribution in [1.82, 2.24) is 13.9 Å². The molecule has 3 atom stereocenters. The van der Waals surface area contributed by atoms with E-state index in [-0.39, 0.29) is 23.5 Å². The molecule has 1 aromatic rings. The van der Waals surface area contributed by atoms with Gasteiger partial charge in [0.15, 0.2) is 5.03 Å². The number of sulfonamides is 1. The Morgan fingerprint density at radius 2 is 2.15 bits per heavy atom. The van der Waals surface area contributed by atoms with Crippen molar-refractivity contribution in [2.45, 2.75) is 37.4 Å². The van der Waals surface area contributed by atoms with Crippen LogP contribution in [0.15, 0.2) is 17.6 Å². The SMILES string of the molecule is CCn1cnc(S(=O)(=O)N2CC3CCC(N)C3C2)c1.Cl. The van der Waals surface area contributed by atoms with Crippen molar-refractivity contribution in [3.05, 3.63) is 12.5 Å². The van der Waals surface area contributed by atoms with E-state index in [1.807, 2.05) is 6.92 Å². The summed E-state index contributed by atoms with van der Waals surface area (Å²) in [6, 6.07) is 0.151. The molecule has 0 radical (unpaired) electrons. The minimum absolute atomic E-state index is 0. The number of imidazole rings is 1. The monoisotopic (exact) mass is 320 g/mol. The van der Waals surface area contributed by atoms with E-state index in [4.69, 9.17) is 5.73 Å². The molecular formula is C12H21ClN4O2S. The van der Waals surface area contributed by atoms with Crippen molar-refractivity contribution in [2.75, 3.05) is 13.1 Å². The van der Waals surface area contributed by atoms with Gasteiger partial charge in [-0.3, -0.25) is 0 Å². The third kappa shape index (κ3) is 2.47. The predicted molar refractivity (Wildman–Crippen MR) is 78.1 cm³/mol. The smallest absolute Gasteiger partial charge is 0.262 e. The number of halogens is 1. The lowest BCUT2D eigenvalue weighted by Crippen LogP contribution is -2.33. The van der Waals surface area contributed by atoms with Gasteiger partial charge in [0.05, 0.1) is 6.33 Å². The maximum Gasteiger partial charge on any atom is 0.262 e. The van der Waals surface area contributed by atoms with Crippen LogP contribution in [-0.2, 0) is 16.6 Å². The first kappa shape index (κ1) is 15.8. The summed E-state index contributed by atoms with van der Waals surface area (Å²) in [5.74, 6) is 0.751. The molecule has 114 valence electrons. The molecule has 1 aliphatic carbocycles. The molecule has 1 saturated carbocycles. The normalized spacial score (nSPS) is 30.2. The van der Waals surface area contributed by atoms with E-state index >= 15 is 0 Å². The van der Waals surface area contributed by atoms with Crippen molar-refractivity contribution in [3.63, 3.8) is 0 Å². The van der Waals surface area contributed by atoms with Crippen LogP contribution in [0.4, 0.5) is 0 Å². The first-order chi connectivity index (χ1) is 9.02. The Labute approximate surface area is 125 Å². The maximum absolute atomic E-state index is 12.5. The topological polar surface area (TPSA) is 81.2 Å². The van der Waals surface area contributed by atoms with Crippen LogP contribution in [0.25, 0.3) is 0 Å². The second kappa shape index (κ2) is 5.63. The van der Waals surface area contributed by atoms with Gasteiger partial charge in [-0.25, -0.2) is 13.4 Å². The number of hydrogen-bond acceptors (Lipinski definition) is 4. The van der Waals surface area contributed by atoms with Crippen LogP contribution in [0.5, 0.6) is 0 Å². The second-order valence-electron chi connectivity index (χ2n) is 5.53. The number of hydrogen-bond donors (Lipinski definition) is 1. The fourth-order valence-electron chi connectivity index (χ4n) is 3.24. The average Bonchev–Trinajstić information content (AvgIpc) is 3.06. The fourth-order valence-corrected chi connectivity index (χ4v) is 4.71. The minimum atomic E-state index is -3.45. The van der Waals surface area contributed by atoms with Gasteiger partial charge in [-0.05, 0) is 31.6 Å². The molecule has 2 aliphatic rings. The van der Waals surface area contributed by atoms with Gasteiger partial charge in [0.1, 0.15) is 0 Å². The van der Waals surface area contributed by atoms with E-state index in [9.17, 15) is 8.42 Å². The first-order valence-corrected chi connectivity index (χ1v) is 8.24. The van der Waals surface area contributed by atoms with Crippen LogP contribution in [0.1, 0.15) is 19.8 Å². The number of nitrogens with zero attached hydrogens (tertiary/aromatic N) is 3. The molecule has 2 heterocycles. The van der Waals surface area contributed by atoms with Gasteiger partial charge in [-0.15, -0.1) is 12.4 Å². The van der Waals surface area contributed by atoms with Gasteiger partial charge in [0.2, 0.25) is 0 Å². The molecule has 1 aliphatic heterocycles. The van der Waals surface area contributed by atoms with Crippen molar-refractivity contribution >= 4 is 22.4 Å². The molecular weight excluding hydrogens is 300 g/mol. The lowest BCUT2D eigenvalue weighted by Gasteiger charge is -2.17. The zero-order valence-electron chi connectivity index (χ0n) is 11.5. The van der Waals surface area contributed by atoms with Gasteiger partial charge >= 0.3 is 0 Å². The van der Waals surface area contributed by atoms with Gasteiger partial charge in [0, 0.05) is 31.9 Å². The van der Waals surface area contributed by atoms with E-state index in [1.165, 1.54) is 0 Å². The average molecular weight is 321 g/mol. The van der Waals surface area contributed by atoms with E-state index in [0.29, 0.717) is 24.9 Å². The molecule has 0 bridgehead atoms. The summed E-state index contributed by atoms with van der Waals surface area (Å²) < 4.78 is 28.4. The lowest BCUT2D eigenvalue weighted by molar-refractivity contribution is 0.426. The molecule has 0 aromatic carbocycles. The summed E-state index contributed by atoms with van der Waals surface area (Å²) in [6.07, 6.45) is 5.23. The van der Waals surface area contributed by atoms with Gasteiger partial charge in [0.25, 0.3) is 10.0 Å². The summed E-state index contributed by atoms with van der Waals surface area (Å²) in [4.78, 5) is 4.02. The summed E-state index contributed by atoms with van der Waals surface area (Å²) in [6.45, 7) is 3.82. The van der Waals surface area contributed by atoms with Crippen molar-refractivity contribution in [3.8, 4) is 0 Å². The largest absolute Gasteiger partial charge is 0.336 e. The molecule has 6 nitrogen and oxygen atoms in total. The minimum Gasteiger partial charge on any atom is -0.336 e. The van der Waals surface area contributed by atoms with E-state index in [2.05, 4.69) is 4.98 Å². The Bertz CT molecular complexity index is 574. The zero-order valence-corrected chi connectivity index (χ0v) is 13.1. The van der Waals surface area contributed by atoms with Crippen LogP contribution < -0.4 is 5.73 Å². The number of aromatic nitrogens is 2. The molecule has 20 heavy (non-hydrogen) atoms. The molecule has 0 spiro atoms. The van der Waals surface area contributed by atoms with Crippen molar-refractivity contribution < 1.29 is 8.42 Å². The third-order valence-corrected chi connectivity index (χ3v) is 6.18. The maximum atomic E-state index is 12.5. The van der Waals surface area contributed by atoms with Gasteiger partial charge in [-0.2, -0.15) is 4.31 Å². The molecule has 2 N–H and O–H groups in total. The molecule has 8 heteroatoms.